The highest BCUT2D eigenvalue weighted by Gasteiger charge is 2.19. The first-order valence-corrected chi connectivity index (χ1v) is 6.38. The lowest BCUT2D eigenvalue weighted by Gasteiger charge is -2.04. The fourth-order valence-electron chi connectivity index (χ4n) is 2.02. The molecule has 1 aromatic heterocycles. The molecule has 1 aliphatic rings. The number of carbonyl (C=O) groups is 1. The van der Waals surface area contributed by atoms with Crippen molar-refractivity contribution >= 4 is 5.97 Å². The van der Waals surface area contributed by atoms with E-state index >= 15 is 0 Å². The number of aliphatic carboxylic acids is 1. The normalized spacial score (nSPS) is 19.2. The number of hydrogen-bond donors (Lipinski definition) is 1. The molecule has 0 radical (unpaired) electrons. The molecule has 100 valence electrons. The summed E-state index contributed by atoms with van der Waals surface area (Å²) in [5.41, 5.74) is 0. The van der Waals surface area contributed by atoms with Crippen LogP contribution in [-0.2, 0) is 22.4 Å². The molecule has 0 saturated carbocycles. The molecule has 0 amide bonds. The number of unbranched alkanes of at least 4 members (excludes halogenated alkanes) is 1. The molecule has 1 atom stereocenters. The Kier molecular flexibility index (Phi) is 4.69. The van der Waals surface area contributed by atoms with Gasteiger partial charge in [0, 0.05) is 19.4 Å². The maximum atomic E-state index is 10.3. The van der Waals surface area contributed by atoms with Gasteiger partial charge in [0.05, 0.1) is 12.5 Å². The summed E-state index contributed by atoms with van der Waals surface area (Å²) >= 11 is 0. The number of ether oxygens (including phenoxy) is 1. The van der Waals surface area contributed by atoms with Crippen molar-refractivity contribution in [3.05, 3.63) is 11.8 Å². The van der Waals surface area contributed by atoms with Crippen LogP contribution in [0.5, 0.6) is 0 Å². The molecule has 1 N–H and O–H groups in total. The number of rotatable bonds is 7. The quantitative estimate of drug-likeness (QED) is 0.744. The minimum atomic E-state index is -0.764. The summed E-state index contributed by atoms with van der Waals surface area (Å²) in [6, 6.07) is 0. The number of carboxylic acid groups (broad SMARTS) is 1. The molecule has 0 aliphatic carbocycles. The van der Waals surface area contributed by atoms with E-state index in [4.69, 9.17) is 14.3 Å². The summed E-state index contributed by atoms with van der Waals surface area (Å²) < 4.78 is 11.0. The summed E-state index contributed by atoms with van der Waals surface area (Å²) in [4.78, 5) is 10.3. The lowest BCUT2D eigenvalue weighted by molar-refractivity contribution is -0.137. The Morgan fingerprint density at radius 2 is 2.17 bits per heavy atom. The second-order valence-corrected chi connectivity index (χ2v) is 4.53. The smallest absolute Gasteiger partial charge is 0.303 e. The summed E-state index contributed by atoms with van der Waals surface area (Å²) in [7, 11) is 0. The van der Waals surface area contributed by atoms with Crippen molar-refractivity contribution in [2.75, 3.05) is 6.61 Å². The van der Waals surface area contributed by atoms with Gasteiger partial charge in [-0.1, -0.05) is 0 Å². The number of aryl methyl sites for hydroxylation is 1. The van der Waals surface area contributed by atoms with Crippen LogP contribution in [0.3, 0.4) is 0 Å². The minimum Gasteiger partial charge on any atom is -0.481 e. The van der Waals surface area contributed by atoms with Gasteiger partial charge in [-0.3, -0.25) is 4.79 Å². The standard InChI is InChI=1S/C12H18N2O4/c15-12(16)6-2-1-5-10-13-14-11(18-10)8-9-4-3-7-17-9/h9H,1-8H2,(H,15,16). The van der Waals surface area contributed by atoms with E-state index in [2.05, 4.69) is 10.2 Å². The Labute approximate surface area is 105 Å². The van der Waals surface area contributed by atoms with Gasteiger partial charge < -0.3 is 14.3 Å². The Balaban J connectivity index is 1.70. The summed E-state index contributed by atoms with van der Waals surface area (Å²) in [6.45, 7) is 0.820. The third kappa shape index (κ3) is 4.10. The molecule has 1 aromatic rings. The molecule has 1 unspecified atom stereocenters. The molecule has 1 fully saturated rings. The molecular weight excluding hydrogens is 236 g/mol. The van der Waals surface area contributed by atoms with Crippen LogP contribution in [-0.4, -0.2) is 34.0 Å². The van der Waals surface area contributed by atoms with Crippen molar-refractivity contribution in [1.82, 2.24) is 10.2 Å². The highest BCUT2D eigenvalue weighted by atomic mass is 16.5. The van der Waals surface area contributed by atoms with E-state index in [0.29, 0.717) is 31.0 Å². The largest absolute Gasteiger partial charge is 0.481 e. The Morgan fingerprint density at radius 1 is 1.33 bits per heavy atom. The fraction of sp³-hybridized carbons (Fsp3) is 0.750. The van der Waals surface area contributed by atoms with E-state index in [-0.39, 0.29) is 12.5 Å². The van der Waals surface area contributed by atoms with Crippen LogP contribution >= 0.6 is 0 Å². The van der Waals surface area contributed by atoms with Gasteiger partial charge in [-0.25, -0.2) is 0 Å². The van der Waals surface area contributed by atoms with Crippen LogP contribution < -0.4 is 0 Å². The van der Waals surface area contributed by atoms with E-state index < -0.39 is 5.97 Å². The van der Waals surface area contributed by atoms with Gasteiger partial charge in [0.15, 0.2) is 0 Å². The maximum absolute atomic E-state index is 10.3. The second-order valence-electron chi connectivity index (χ2n) is 4.53. The third-order valence-electron chi connectivity index (χ3n) is 2.97. The monoisotopic (exact) mass is 254 g/mol. The lowest BCUT2D eigenvalue weighted by Crippen LogP contribution is -2.08. The zero-order valence-electron chi connectivity index (χ0n) is 10.3. The van der Waals surface area contributed by atoms with Gasteiger partial charge in [0.25, 0.3) is 0 Å². The van der Waals surface area contributed by atoms with Crippen molar-refractivity contribution in [2.45, 2.75) is 51.0 Å². The van der Waals surface area contributed by atoms with Crippen LogP contribution in [0.1, 0.15) is 43.9 Å². The molecule has 2 heterocycles. The predicted molar refractivity (Wildman–Crippen MR) is 62.2 cm³/mol. The summed E-state index contributed by atoms with van der Waals surface area (Å²) in [5, 5.41) is 16.4. The summed E-state index contributed by atoms with van der Waals surface area (Å²) in [5.74, 6) is 0.447. The van der Waals surface area contributed by atoms with Crippen molar-refractivity contribution in [3.8, 4) is 0 Å². The molecular formula is C12H18N2O4. The van der Waals surface area contributed by atoms with Crippen LogP contribution in [0, 0.1) is 0 Å². The molecule has 6 nitrogen and oxygen atoms in total. The molecule has 0 aromatic carbocycles. The molecule has 0 spiro atoms. The van der Waals surface area contributed by atoms with Gasteiger partial charge in [0.1, 0.15) is 0 Å². The first-order valence-electron chi connectivity index (χ1n) is 6.38. The SMILES string of the molecule is O=C(O)CCCCc1nnc(CC2CCCO2)o1. The molecule has 0 bridgehead atoms. The summed E-state index contributed by atoms with van der Waals surface area (Å²) in [6.07, 6.45) is 5.28. The highest BCUT2D eigenvalue weighted by Crippen LogP contribution is 2.16. The van der Waals surface area contributed by atoms with Crippen molar-refractivity contribution in [3.63, 3.8) is 0 Å². The molecule has 1 aliphatic heterocycles. The van der Waals surface area contributed by atoms with Crippen molar-refractivity contribution < 1.29 is 19.1 Å². The topological polar surface area (TPSA) is 85.5 Å². The molecule has 6 heteroatoms. The first kappa shape index (κ1) is 13.0. The van der Waals surface area contributed by atoms with Crippen LogP contribution in [0.25, 0.3) is 0 Å². The highest BCUT2D eigenvalue weighted by molar-refractivity contribution is 5.66. The number of aromatic nitrogens is 2. The minimum absolute atomic E-state index is 0.191. The predicted octanol–water partition coefficient (Wildman–Crippen LogP) is 1.59. The van der Waals surface area contributed by atoms with Crippen LogP contribution in [0.15, 0.2) is 4.42 Å². The van der Waals surface area contributed by atoms with Gasteiger partial charge in [-0.2, -0.15) is 0 Å². The zero-order chi connectivity index (χ0) is 12.8. The number of carboxylic acids is 1. The van der Waals surface area contributed by atoms with Crippen LogP contribution in [0.4, 0.5) is 0 Å². The van der Waals surface area contributed by atoms with E-state index in [1.54, 1.807) is 0 Å². The molecule has 18 heavy (non-hydrogen) atoms. The zero-order valence-corrected chi connectivity index (χ0v) is 10.3. The van der Waals surface area contributed by atoms with E-state index in [0.717, 1.165) is 25.9 Å². The maximum Gasteiger partial charge on any atom is 0.303 e. The van der Waals surface area contributed by atoms with Gasteiger partial charge in [-0.15, -0.1) is 10.2 Å². The molecule has 2 rings (SSSR count). The first-order chi connectivity index (χ1) is 8.74. The Morgan fingerprint density at radius 3 is 2.89 bits per heavy atom. The lowest BCUT2D eigenvalue weighted by atomic mass is 10.2. The number of nitrogens with zero attached hydrogens (tertiary/aromatic N) is 2. The van der Waals surface area contributed by atoms with Crippen LogP contribution in [0.2, 0.25) is 0 Å². The second kappa shape index (κ2) is 6.49. The Hall–Kier alpha value is -1.43. The van der Waals surface area contributed by atoms with Gasteiger partial charge in [-0.05, 0) is 25.7 Å². The average Bonchev–Trinajstić information content (AvgIpc) is 2.97. The van der Waals surface area contributed by atoms with E-state index in [9.17, 15) is 4.79 Å². The van der Waals surface area contributed by atoms with Gasteiger partial charge >= 0.3 is 5.97 Å². The van der Waals surface area contributed by atoms with E-state index in [1.165, 1.54) is 0 Å². The third-order valence-corrected chi connectivity index (χ3v) is 2.97. The Bertz CT molecular complexity index is 385. The van der Waals surface area contributed by atoms with Gasteiger partial charge in [0.2, 0.25) is 11.8 Å². The van der Waals surface area contributed by atoms with E-state index in [1.807, 2.05) is 0 Å². The average molecular weight is 254 g/mol. The molecule has 1 saturated heterocycles. The van der Waals surface area contributed by atoms with Crippen molar-refractivity contribution in [2.24, 2.45) is 0 Å². The van der Waals surface area contributed by atoms with Crippen molar-refractivity contribution in [1.29, 1.82) is 0 Å². The number of hydrogen-bond acceptors (Lipinski definition) is 5. The fourth-order valence-corrected chi connectivity index (χ4v) is 2.02.